The molecule has 0 aromatic heterocycles. The maximum absolute atomic E-state index is 13.5. The normalized spacial score (nSPS) is 21.9. The van der Waals surface area contributed by atoms with Crippen LogP contribution in [0.3, 0.4) is 0 Å². The van der Waals surface area contributed by atoms with Gasteiger partial charge in [0.25, 0.3) is 0 Å². The number of carbonyl (C=O) groups is 2. The van der Waals surface area contributed by atoms with Crippen molar-refractivity contribution in [1.82, 2.24) is 0 Å². The van der Waals surface area contributed by atoms with Gasteiger partial charge in [0.15, 0.2) is 31.3 Å². The van der Waals surface area contributed by atoms with E-state index in [1.807, 2.05) is 0 Å². The fourth-order valence-corrected chi connectivity index (χ4v) is 5.72. The SMILES string of the molecule is COc1ccc([C@H]2OC(=O)[C@H]([C@H](O[Si](C)(C)C(C)(C)C)c3ccc4c(c3)OCO4)[C@@H]2C(=O)O)cc1OC. The summed E-state index contributed by atoms with van der Waals surface area (Å²) in [6.07, 6.45) is -1.90. The molecule has 1 saturated heterocycles. The van der Waals surface area contributed by atoms with Gasteiger partial charge in [-0.2, -0.15) is 0 Å². The maximum atomic E-state index is 13.5. The van der Waals surface area contributed by atoms with Crippen molar-refractivity contribution in [3.63, 3.8) is 0 Å². The van der Waals surface area contributed by atoms with E-state index in [-0.39, 0.29) is 11.8 Å². The van der Waals surface area contributed by atoms with Gasteiger partial charge in [0.1, 0.15) is 17.9 Å². The van der Waals surface area contributed by atoms with Crippen molar-refractivity contribution in [3.8, 4) is 23.0 Å². The summed E-state index contributed by atoms with van der Waals surface area (Å²) >= 11 is 0. The third-order valence-corrected chi connectivity index (χ3v) is 12.0. The quantitative estimate of drug-likeness (QED) is 0.368. The van der Waals surface area contributed by atoms with Gasteiger partial charge in [-0.25, -0.2) is 0 Å². The Morgan fingerprint density at radius 1 is 1.03 bits per heavy atom. The lowest BCUT2D eigenvalue weighted by molar-refractivity contribution is -0.148. The van der Waals surface area contributed by atoms with Crippen molar-refractivity contribution in [1.29, 1.82) is 0 Å². The smallest absolute Gasteiger partial charge is 0.313 e. The van der Waals surface area contributed by atoms with Crippen LogP contribution in [0.15, 0.2) is 36.4 Å². The number of esters is 1. The number of cyclic esters (lactones) is 1. The molecule has 0 unspecified atom stereocenters. The van der Waals surface area contributed by atoms with E-state index in [9.17, 15) is 14.7 Å². The molecule has 0 radical (unpaired) electrons. The Kier molecular flexibility index (Phi) is 7.18. The second-order valence-corrected chi connectivity index (χ2v) is 15.5. The fourth-order valence-electron chi connectivity index (χ4n) is 4.45. The second kappa shape index (κ2) is 9.90. The fraction of sp³-hybridized carbons (Fsp3) is 0.481. The van der Waals surface area contributed by atoms with Crippen molar-refractivity contribution in [2.75, 3.05) is 21.0 Å². The highest BCUT2D eigenvalue weighted by atomic mass is 28.4. The molecule has 2 aliphatic rings. The summed E-state index contributed by atoms with van der Waals surface area (Å²) in [6.45, 7) is 10.5. The summed E-state index contributed by atoms with van der Waals surface area (Å²) in [4.78, 5) is 26.2. The zero-order valence-corrected chi connectivity index (χ0v) is 23.2. The van der Waals surface area contributed by atoms with Crippen LogP contribution in [0.4, 0.5) is 0 Å². The van der Waals surface area contributed by atoms with Crippen LogP contribution in [0.1, 0.15) is 44.1 Å². The van der Waals surface area contributed by atoms with E-state index >= 15 is 0 Å². The van der Waals surface area contributed by atoms with E-state index in [2.05, 4.69) is 33.9 Å². The minimum atomic E-state index is -2.48. The van der Waals surface area contributed by atoms with Crippen LogP contribution in [-0.4, -0.2) is 46.4 Å². The van der Waals surface area contributed by atoms with Gasteiger partial charge in [-0.3, -0.25) is 9.59 Å². The lowest BCUT2D eigenvalue weighted by atomic mass is 9.81. The number of rotatable bonds is 8. The number of carbonyl (C=O) groups excluding carboxylic acids is 1. The molecule has 2 aliphatic heterocycles. The van der Waals surface area contributed by atoms with E-state index in [0.29, 0.717) is 34.1 Å². The number of fused-ring (bicyclic) bond motifs is 1. The highest BCUT2D eigenvalue weighted by Gasteiger charge is 2.55. The van der Waals surface area contributed by atoms with Crippen LogP contribution >= 0.6 is 0 Å². The van der Waals surface area contributed by atoms with Crippen LogP contribution in [0.25, 0.3) is 0 Å². The molecule has 0 aliphatic carbocycles. The number of benzene rings is 2. The number of aliphatic carboxylic acids is 1. The Morgan fingerprint density at radius 2 is 1.70 bits per heavy atom. The van der Waals surface area contributed by atoms with Gasteiger partial charge in [0.05, 0.1) is 20.3 Å². The molecule has 1 N–H and O–H groups in total. The van der Waals surface area contributed by atoms with Crippen LogP contribution < -0.4 is 18.9 Å². The summed E-state index contributed by atoms with van der Waals surface area (Å²) in [7, 11) is 0.524. The van der Waals surface area contributed by atoms with Gasteiger partial charge in [0.2, 0.25) is 6.79 Å². The summed E-state index contributed by atoms with van der Waals surface area (Å²) in [6, 6.07) is 10.3. The van der Waals surface area contributed by atoms with Gasteiger partial charge >= 0.3 is 11.9 Å². The third-order valence-electron chi connectivity index (χ3n) is 7.53. The van der Waals surface area contributed by atoms with E-state index < -0.39 is 44.3 Å². The summed E-state index contributed by atoms with van der Waals surface area (Å²) in [5, 5.41) is 10.2. The number of carboxylic acid groups (broad SMARTS) is 1. The first-order chi connectivity index (χ1) is 17.4. The predicted molar refractivity (Wildman–Crippen MR) is 137 cm³/mol. The van der Waals surface area contributed by atoms with Gasteiger partial charge in [-0.1, -0.05) is 32.9 Å². The molecular weight excluding hydrogens is 496 g/mol. The summed E-state index contributed by atoms with van der Waals surface area (Å²) in [5.74, 6) is -2.07. The highest BCUT2D eigenvalue weighted by molar-refractivity contribution is 6.74. The Morgan fingerprint density at radius 3 is 2.32 bits per heavy atom. The Labute approximate surface area is 217 Å². The molecule has 2 heterocycles. The molecule has 0 bridgehead atoms. The second-order valence-electron chi connectivity index (χ2n) is 10.8. The molecule has 0 spiro atoms. The van der Waals surface area contributed by atoms with Crippen molar-refractivity contribution in [2.24, 2.45) is 11.8 Å². The van der Waals surface area contributed by atoms with Gasteiger partial charge in [0, 0.05) is 0 Å². The van der Waals surface area contributed by atoms with Gasteiger partial charge in [-0.05, 0) is 53.5 Å². The Bertz CT molecular complexity index is 1190. The lowest BCUT2D eigenvalue weighted by Crippen LogP contribution is -2.45. The molecule has 2 aromatic rings. The van der Waals surface area contributed by atoms with E-state index in [0.717, 1.165) is 0 Å². The van der Waals surface area contributed by atoms with Crippen molar-refractivity contribution >= 4 is 20.3 Å². The molecule has 9 nitrogen and oxygen atoms in total. The molecule has 1 fully saturated rings. The molecule has 4 rings (SSSR count). The number of ether oxygens (including phenoxy) is 5. The monoisotopic (exact) mass is 530 g/mol. The third kappa shape index (κ3) is 5.00. The van der Waals surface area contributed by atoms with E-state index in [4.69, 9.17) is 28.1 Å². The predicted octanol–water partition coefficient (Wildman–Crippen LogP) is 5.11. The van der Waals surface area contributed by atoms with Gasteiger partial charge < -0.3 is 33.2 Å². The molecule has 200 valence electrons. The van der Waals surface area contributed by atoms with Gasteiger partial charge in [-0.15, -0.1) is 0 Å². The summed E-state index contributed by atoms with van der Waals surface area (Å²) in [5.41, 5.74) is 1.13. The van der Waals surface area contributed by atoms with Crippen LogP contribution in [0.2, 0.25) is 18.1 Å². The van der Waals surface area contributed by atoms with Crippen LogP contribution in [0, 0.1) is 11.8 Å². The number of methoxy groups -OCH3 is 2. The van der Waals surface area contributed by atoms with Crippen LogP contribution in [-0.2, 0) is 18.8 Å². The maximum Gasteiger partial charge on any atom is 0.313 e. The average Bonchev–Trinajstić information content (AvgIpc) is 3.45. The Balaban J connectivity index is 1.80. The largest absolute Gasteiger partial charge is 0.493 e. The minimum absolute atomic E-state index is 0.0944. The van der Waals surface area contributed by atoms with Crippen molar-refractivity contribution in [3.05, 3.63) is 47.5 Å². The standard InChI is InChI=1S/C27H34O9Si/c1-27(2,3)37(6,7)36-24(16-9-11-18-20(13-16)34-14-33-18)22-21(25(28)29)23(35-26(22)30)15-8-10-17(31-4)19(12-15)32-5/h8-13,21-24H,14H2,1-7H3,(H,28,29)/t21-,22-,23+,24+/m0/s1. The summed E-state index contributed by atoms with van der Waals surface area (Å²) < 4.78 is 34.3. The topological polar surface area (TPSA) is 110 Å². The van der Waals surface area contributed by atoms with E-state index in [1.165, 1.54) is 14.2 Å². The molecular formula is C27H34O9Si. The first kappa shape index (κ1) is 26.8. The number of hydrogen-bond acceptors (Lipinski definition) is 8. The molecule has 0 amide bonds. The zero-order chi connectivity index (χ0) is 27.1. The molecule has 37 heavy (non-hydrogen) atoms. The highest BCUT2D eigenvalue weighted by Crippen LogP contribution is 2.51. The number of hydrogen-bond donors (Lipinski definition) is 1. The molecule has 4 atom stereocenters. The molecule has 10 heteroatoms. The molecule has 2 aromatic carbocycles. The Hall–Kier alpha value is -3.24. The first-order valence-corrected chi connectivity index (χ1v) is 15.0. The average molecular weight is 531 g/mol. The molecule has 0 saturated carbocycles. The zero-order valence-electron chi connectivity index (χ0n) is 22.2. The number of carboxylic acids is 1. The lowest BCUT2D eigenvalue weighted by Gasteiger charge is -2.41. The van der Waals surface area contributed by atoms with Crippen molar-refractivity contribution in [2.45, 2.75) is 51.1 Å². The van der Waals surface area contributed by atoms with Crippen molar-refractivity contribution < 1.29 is 42.8 Å². The minimum Gasteiger partial charge on any atom is -0.493 e. The first-order valence-electron chi connectivity index (χ1n) is 12.1. The van der Waals surface area contributed by atoms with E-state index in [1.54, 1.807) is 36.4 Å². The van der Waals surface area contributed by atoms with Crippen LogP contribution in [0.5, 0.6) is 23.0 Å².